The number of rotatable bonds is 3. The zero-order chi connectivity index (χ0) is 31.6. The summed E-state index contributed by atoms with van der Waals surface area (Å²) in [6.45, 7) is 0. The molecule has 48 heavy (non-hydrogen) atoms. The summed E-state index contributed by atoms with van der Waals surface area (Å²) in [5.41, 5.74) is 8.56. The lowest BCUT2D eigenvalue weighted by Crippen LogP contribution is -2.35. The Balaban J connectivity index is 1.20. The number of aliphatic imine (C=N–C) groups is 2. The predicted octanol–water partition coefficient (Wildman–Crippen LogP) is 9.39. The molecular weight excluding hydrogens is 589 g/mol. The molecule has 1 atom stereocenters. The molecule has 0 amide bonds. The van der Waals surface area contributed by atoms with Crippen LogP contribution in [-0.4, -0.2) is 25.9 Å². The highest BCUT2D eigenvalue weighted by atomic mass is 15.3. The van der Waals surface area contributed by atoms with Crippen molar-refractivity contribution in [3.63, 3.8) is 0 Å². The van der Waals surface area contributed by atoms with Gasteiger partial charge in [-0.25, -0.2) is 4.99 Å². The molecule has 0 bridgehead atoms. The monoisotopic (exact) mass is 616 g/mol. The number of nitrogens with zero attached hydrogens (tertiary/aromatic N) is 5. The van der Waals surface area contributed by atoms with E-state index in [1.807, 2.05) is 30.5 Å². The quantitative estimate of drug-likeness (QED) is 0.215. The van der Waals surface area contributed by atoms with Crippen molar-refractivity contribution in [2.45, 2.75) is 6.17 Å². The summed E-state index contributed by atoms with van der Waals surface area (Å²) >= 11 is 0. The minimum atomic E-state index is -0.318. The Hall–Kier alpha value is -6.53. The number of para-hydroxylation sites is 3. The van der Waals surface area contributed by atoms with Crippen LogP contribution in [0.5, 0.6) is 0 Å². The molecule has 6 nitrogen and oxygen atoms in total. The molecule has 0 spiro atoms. The van der Waals surface area contributed by atoms with Crippen molar-refractivity contribution in [1.29, 1.82) is 0 Å². The largest absolute Gasteiger partial charge is 0.344 e. The van der Waals surface area contributed by atoms with Crippen LogP contribution in [0.3, 0.4) is 0 Å². The van der Waals surface area contributed by atoms with Crippen LogP contribution in [0, 0.1) is 0 Å². The van der Waals surface area contributed by atoms with Gasteiger partial charge in [0.05, 0.1) is 27.6 Å². The van der Waals surface area contributed by atoms with Crippen molar-refractivity contribution < 1.29 is 0 Å². The molecule has 1 unspecified atom stereocenters. The number of hydrogen-bond acceptors (Lipinski definition) is 4. The normalized spacial score (nSPS) is 14.9. The van der Waals surface area contributed by atoms with Gasteiger partial charge in [-0.1, -0.05) is 103 Å². The van der Waals surface area contributed by atoms with Gasteiger partial charge in [0, 0.05) is 44.4 Å². The fourth-order valence-electron chi connectivity index (χ4n) is 7.22. The van der Waals surface area contributed by atoms with E-state index in [2.05, 4.69) is 147 Å². The second-order valence-electron chi connectivity index (χ2n) is 12.2. The first kappa shape index (κ1) is 26.7. The van der Waals surface area contributed by atoms with Gasteiger partial charge in [-0.05, 0) is 54.1 Å². The molecule has 9 aromatic rings. The maximum atomic E-state index is 5.25. The van der Waals surface area contributed by atoms with E-state index in [1.165, 1.54) is 21.8 Å². The van der Waals surface area contributed by atoms with Gasteiger partial charge in [0.15, 0.2) is 0 Å². The van der Waals surface area contributed by atoms with Crippen LogP contribution in [0.1, 0.15) is 17.3 Å². The highest BCUT2D eigenvalue weighted by molar-refractivity contribution is 6.18. The van der Waals surface area contributed by atoms with Crippen molar-refractivity contribution >= 4 is 66.3 Å². The summed E-state index contributed by atoms with van der Waals surface area (Å²) in [5, 5.41) is 9.50. The van der Waals surface area contributed by atoms with Crippen molar-refractivity contribution in [3.05, 3.63) is 169 Å². The summed E-state index contributed by atoms with van der Waals surface area (Å²) in [6.07, 6.45) is 1.51. The average molecular weight is 617 g/mol. The molecule has 3 aromatic heterocycles. The van der Waals surface area contributed by atoms with Crippen LogP contribution in [0.15, 0.2) is 168 Å². The molecule has 0 saturated heterocycles. The second kappa shape index (κ2) is 10.5. The van der Waals surface area contributed by atoms with E-state index in [4.69, 9.17) is 9.98 Å². The standard InChI is InChI=1S/C42H28N6/c1-2-11-28(12-3-1)40-44-41(29-21-20-27-13-10-24-43-35(27)25-29)46-42(45-40)48-38-19-9-6-16-33(38)34-26-30(22-23-39(34)48)47-36-17-7-4-14-31(36)32-15-5-8-18-37(32)47/h1-26,40H,(H,44,45,46). The van der Waals surface area contributed by atoms with Gasteiger partial charge in [-0.3, -0.25) is 9.55 Å². The molecule has 10 rings (SSSR count). The summed E-state index contributed by atoms with van der Waals surface area (Å²) in [7, 11) is 0. The van der Waals surface area contributed by atoms with E-state index in [1.54, 1.807) is 0 Å². The van der Waals surface area contributed by atoms with E-state index in [0.29, 0.717) is 5.96 Å². The molecule has 6 heteroatoms. The molecule has 0 fully saturated rings. The van der Waals surface area contributed by atoms with Gasteiger partial charge in [-0.2, -0.15) is 4.99 Å². The third-order valence-corrected chi connectivity index (χ3v) is 9.42. The van der Waals surface area contributed by atoms with Crippen LogP contribution in [-0.2, 0) is 0 Å². The van der Waals surface area contributed by atoms with Gasteiger partial charge < -0.3 is 9.88 Å². The highest BCUT2D eigenvalue weighted by Gasteiger charge is 2.24. The van der Waals surface area contributed by atoms with Gasteiger partial charge >= 0.3 is 0 Å². The Morgan fingerprint density at radius 2 is 1.17 bits per heavy atom. The molecule has 1 aliphatic rings. The van der Waals surface area contributed by atoms with E-state index >= 15 is 0 Å². The maximum Gasteiger partial charge on any atom is 0.234 e. The first-order valence-corrected chi connectivity index (χ1v) is 16.2. The predicted molar refractivity (Wildman–Crippen MR) is 197 cm³/mol. The Morgan fingerprint density at radius 1 is 0.521 bits per heavy atom. The zero-order valence-electron chi connectivity index (χ0n) is 25.8. The molecule has 0 aliphatic carbocycles. The number of nitrogens with one attached hydrogen (secondary N) is 1. The lowest BCUT2D eigenvalue weighted by atomic mass is 10.1. The molecule has 4 heterocycles. The van der Waals surface area contributed by atoms with Gasteiger partial charge in [0.1, 0.15) is 12.0 Å². The van der Waals surface area contributed by atoms with Gasteiger partial charge in [0.25, 0.3) is 0 Å². The van der Waals surface area contributed by atoms with Crippen LogP contribution < -0.4 is 5.32 Å². The van der Waals surface area contributed by atoms with Gasteiger partial charge in [-0.15, -0.1) is 0 Å². The lowest BCUT2D eigenvalue weighted by Gasteiger charge is -2.24. The maximum absolute atomic E-state index is 5.25. The van der Waals surface area contributed by atoms with Crippen molar-refractivity contribution in [1.82, 2.24) is 19.4 Å². The van der Waals surface area contributed by atoms with Crippen LogP contribution >= 0.6 is 0 Å². The first-order valence-electron chi connectivity index (χ1n) is 16.2. The molecular formula is C42H28N6. The van der Waals surface area contributed by atoms with E-state index in [9.17, 15) is 0 Å². The minimum absolute atomic E-state index is 0.318. The molecule has 0 radical (unpaired) electrons. The molecule has 1 N–H and O–H groups in total. The summed E-state index contributed by atoms with van der Waals surface area (Å²) in [6, 6.07) is 53.2. The fourth-order valence-corrected chi connectivity index (χ4v) is 7.22. The van der Waals surface area contributed by atoms with E-state index < -0.39 is 0 Å². The molecule has 0 saturated carbocycles. The average Bonchev–Trinajstić information content (AvgIpc) is 3.67. The highest BCUT2D eigenvalue weighted by Crippen LogP contribution is 2.36. The van der Waals surface area contributed by atoms with Crippen LogP contribution in [0.25, 0.3) is 60.2 Å². The second-order valence-corrected chi connectivity index (χ2v) is 12.2. The number of benzene rings is 6. The van der Waals surface area contributed by atoms with Gasteiger partial charge in [0.2, 0.25) is 5.96 Å². The molecule has 6 aromatic carbocycles. The number of pyridine rings is 1. The Labute approximate surface area is 275 Å². The topological polar surface area (TPSA) is 59.5 Å². The first-order chi connectivity index (χ1) is 23.8. The third-order valence-electron chi connectivity index (χ3n) is 9.42. The van der Waals surface area contributed by atoms with Crippen molar-refractivity contribution in [2.24, 2.45) is 9.98 Å². The fraction of sp³-hybridized carbons (Fsp3) is 0.0238. The number of aromatic nitrogens is 3. The lowest BCUT2D eigenvalue weighted by molar-refractivity contribution is 0.668. The van der Waals surface area contributed by atoms with Crippen molar-refractivity contribution in [3.8, 4) is 5.69 Å². The minimum Gasteiger partial charge on any atom is -0.344 e. The Morgan fingerprint density at radius 3 is 1.92 bits per heavy atom. The molecule has 226 valence electrons. The van der Waals surface area contributed by atoms with Crippen molar-refractivity contribution in [2.75, 3.05) is 0 Å². The Kier molecular flexibility index (Phi) is 5.84. The third kappa shape index (κ3) is 4.09. The number of fused-ring (bicyclic) bond motifs is 7. The SMILES string of the molecule is c1ccc(C2N=C(n3c4ccccc4c4cc(-n5c6ccccc6c6ccccc65)ccc43)N=C(c3ccc4cccnc4c3)N2)cc1. The molecule has 1 aliphatic heterocycles. The Bertz CT molecular complexity index is 2710. The van der Waals surface area contributed by atoms with E-state index in [-0.39, 0.29) is 6.17 Å². The van der Waals surface area contributed by atoms with E-state index in [0.717, 1.165) is 55.4 Å². The summed E-state index contributed by atoms with van der Waals surface area (Å²) < 4.78 is 4.57. The smallest absolute Gasteiger partial charge is 0.234 e. The number of hydrogen-bond donors (Lipinski definition) is 1. The van der Waals surface area contributed by atoms with Crippen LogP contribution in [0.4, 0.5) is 0 Å². The number of amidine groups is 1. The summed E-state index contributed by atoms with van der Waals surface area (Å²) in [4.78, 5) is 15.1. The summed E-state index contributed by atoms with van der Waals surface area (Å²) in [5.74, 6) is 1.39. The van der Waals surface area contributed by atoms with Crippen LogP contribution in [0.2, 0.25) is 0 Å². The zero-order valence-corrected chi connectivity index (χ0v) is 25.8.